The van der Waals surface area contributed by atoms with Gasteiger partial charge in [-0.05, 0) is 25.0 Å². The molecule has 0 unspecified atom stereocenters. The van der Waals surface area contributed by atoms with Gasteiger partial charge in [0.15, 0.2) is 0 Å². The van der Waals surface area contributed by atoms with Crippen LogP contribution in [0.1, 0.15) is 12.8 Å². The fourth-order valence-corrected chi connectivity index (χ4v) is 3.33. The molecule has 1 aliphatic carbocycles. The molecular formula is C12H14BrF2NO2S. The first kappa shape index (κ1) is 14.7. The number of benzene rings is 1. The second-order valence-electron chi connectivity index (χ2n) is 4.39. The van der Waals surface area contributed by atoms with Crippen LogP contribution in [-0.2, 0) is 9.84 Å². The Balaban J connectivity index is 2.46. The molecule has 1 aromatic rings. The standard InChI is InChI=1S/C12H14BrF2NO2S/c13-7-8-16(9-5-6-9)10-3-1-2-4-11(10)19(17,18)12(14)15/h1-4,9,12H,5-8H2. The first-order valence-electron chi connectivity index (χ1n) is 5.92. The molecule has 7 heteroatoms. The average molecular weight is 354 g/mol. The number of hydrogen-bond donors (Lipinski definition) is 0. The maximum Gasteiger partial charge on any atom is 0.341 e. The van der Waals surface area contributed by atoms with Crippen molar-refractivity contribution in [1.29, 1.82) is 0 Å². The third kappa shape index (κ3) is 3.08. The summed E-state index contributed by atoms with van der Waals surface area (Å²) in [4.78, 5) is 1.61. The summed E-state index contributed by atoms with van der Waals surface area (Å²) >= 11 is 3.31. The minimum absolute atomic E-state index is 0.256. The van der Waals surface area contributed by atoms with Crippen molar-refractivity contribution >= 4 is 31.5 Å². The van der Waals surface area contributed by atoms with Crippen molar-refractivity contribution in [3.63, 3.8) is 0 Å². The predicted octanol–water partition coefficient (Wildman–Crippen LogP) is 3.05. The molecule has 1 fully saturated rings. The Bertz CT molecular complexity index is 546. The van der Waals surface area contributed by atoms with Gasteiger partial charge in [-0.1, -0.05) is 28.1 Å². The summed E-state index contributed by atoms with van der Waals surface area (Å²) in [6, 6.07) is 6.24. The van der Waals surface area contributed by atoms with E-state index in [9.17, 15) is 17.2 Å². The molecule has 1 aromatic carbocycles. The molecule has 0 bridgehead atoms. The Morgan fingerprint density at radius 3 is 2.47 bits per heavy atom. The van der Waals surface area contributed by atoms with Gasteiger partial charge < -0.3 is 4.90 Å². The summed E-state index contributed by atoms with van der Waals surface area (Å²) in [6.45, 7) is 0.598. The van der Waals surface area contributed by atoms with Crippen LogP contribution in [0.25, 0.3) is 0 Å². The van der Waals surface area contributed by atoms with Crippen LogP contribution < -0.4 is 4.90 Å². The molecule has 1 aliphatic rings. The normalized spacial score (nSPS) is 15.8. The van der Waals surface area contributed by atoms with Crippen LogP contribution in [0.5, 0.6) is 0 Å². The molecule has 106 valence electrons. The van der Waals surface area contributed by atoms with Crippen LogP contribution in [0.15, 0.2) is 29.2 Å². The van der Waals surface area contributed by atoms with Crippen LogP contribution in [0, 0.1) is 0 Å². The van der Waals surface area contributed by atoms with Crippen LogP contribution in [0.3, 0.4) is 0 Å². The van der Waals surface area contributed by atoms with Gasteiger partial charge in [0.1, 0.15) is 0 Å². The summed E-state index contributed by atoms with van der Waals surface area (Å²) in [5.41, 5.74) is 0.379. The summed E-state index contributed by atoms with van der Waals surface area (Å²) in [6.07, 6.45) is 1.94. The molecule has 2 rings (SSSR count). The van der Waals surface area contributed by atoms with Crippen molar-refractivity contribution in [3.8, 4) is 0 Å². The number of rotatable bonds is 6. The van der Waals surface area contributed by atoms with E-state index in [0.29, 0.717) is 17.6 Å². The summed E-state index contributed by atoms with van der Waals surface area (Å²) < 4.78 is 48.9. The van der Waals surface area contributed by atoms with E-state index < -0.39 is 15.6 Å². The van der Waals surface area contributed by atoms with Gasteiger partial charge in [-0.25, -0.2) is 8.42 Å². The average Bonchev–Trinajstić information content (AvgIpc) is 3.20. The topological polar surface area (TPSA) is 37.4 Å². The number of nitrogens with zero attached hydrogens (tertiary/aromatic N) is 1. The second kappa shape index (κ2) is 5.75. The molecule has 0 spiro atoms. The molecule has 0 aliphatic heterocycles. The fraction of sp³-hybridized carbons (Fsp3) is 0.500. The third-order valence-electron chi connectivity index (χ3n) is 3.03. The first-order valence-corrected chi connectivity index (χ1v) is 8.59. The molecule has 3 nitrogen and oxygen atoms in total. The van der Waals surface area contributed by atoms with Gasteiger partial charge in [0.05, 0.1) is 10.6 Å². The van der Waals surface area contributed by atoms with Crippen molar-refractivity contribution < 1.29 is 17.2 Å². The van der Waals surface area contributed by atoms with E-state index in [2.05, 4.69) is 15.9 Å². The van der Waals surface area contributed by atoms with Gasteiger partial charge in [-0.3, -0.25) is 0 Å². The van der Waals surface area contributed by atoms with Crippen LogP contribution in [0.2, 0.25) is 0 Å². The Morgan fingerprint density at radius 1 is 1.32 bits per heavy atom. The largest absolute Gasteiger partial charge is 0.367 e. The quantitative estimate of drug-likeness (QED) is 0.737. The lowest BCUT2D eigenvalue weighted by Crippen LogP contribution is -2.29. The first-order chi connectivity index (χ1) is 8.98. The molecule has 19 heavy (non-hydrogen) atoms. The lowest BCUT2D eigenvalue weighted by Gasteiger charge is -2.26. The number of para-hydroxylation sites is 1. The fourth-order valence-electron chi connectivity index (χ4n) is 2.01. The van der Waals surface area contributed by atoms with Crippen LogP contribution in [0.4, 0.5) is 14.5 Å². The number of alkyl halides is 3. The van der Waals surface area contributed by atoms with E-state index in [1.807, 2.05) is 4.90 Å². The van der Waals surface area contributed by atoms with Gasteiger partial charge in [0, 0.05) is 17.9 Å². The highest BCUT2D eigenvalue weighted by atomic mass is 79.9. The van der Waals surface area contributed by atoms with Crippen LogP contribution >= 0.6 is 15.9 Å². The Labute approximate surface area is 119 Å². The molecule has 0 aromatic heterocycles. The molecule has 0 saturated heterocycles. The zero-order chi connectivity index (χ0) is 14.0. The van der Waals surface area contributed by atoms with Gasteiger partial charge in [0.25, 0.3) is 0 Å². The summed E-state index contributed by atoms with van der Waals surface area (Å²) in [7, 11) is -4.57. The third-order valence-corrected chi connectivity index (χ3v) is 4.81. The van der Waals surface area contributed by atoms with Crippen molar-refractivity contribution in [1.82, 2.24) is 0 Å². The molecule has 0 N–H and O–H groups in total. The van der Waals surface area contributed by atoms with Crippen LogP contribution in [-0.4, -0.2) is 32.1 Å². The number of anilines is 1. The Hall–Kier alpha value is -0.690. The predicted molar refractivity (Wildman–Crippen MR) is 73.8 cm³/mol. The van der Waals surface area contributed by atoms with Gasteiger partial charge in [-0.15, -0.1) is 0 Å². The maximum atomic E-state index is 12.7. The minimum atomic E-state index is -4.57. The molecule has 0 amide bonds. The van der Waals surface area contributed by atoms with E-state index in [-0.39, 0.29) is 10.9 Å². The van der Waals surface area contributed by atoms with E-state index in [0.717, 1.165) is 12.8 Å². The van der Waals surface area contributed by atoms with Crippen molar-refractivity contribution in [3.05, 3.63) is 24.3 Å². The minimum Gasteiger partial charge on any atom is -0.367 e. The number of hydrogen-bond acceptors (Lipinski definition) is 3. The summed E-state index contributed by atoms with van der Waals surface area (Å²) in [5.74, 6) is -3.39. The van der Waals surface area contributed by atoms with Crippen molar-refractivity contribution in [2.45, 2.75) is 29.5 Å². The Morgan fingerprint density at radius 2 is 1.95 bits per heavy atom. The van der Waals surface area contributed by atoms with E-state index in [1.54, 1.807) is 12.1 Å². The number of sulfone groups is 1. The zero-order valence-corrected chi connectivity index (χ0v) is 12.5. The summed E-state index contributed by atoms with van der Waals surface area (Å²) in [5, 5.41) is 0.659. The van der Waals surface area contributed by atoms with Gasteiger partial charge in [-0.2, -0.15) is 8.78 Å². The smallest absolute Gasteiger partial charge is 0.341 e. The highest BCUT2D eigenvalue weighted by molar-refractivity contribution is 9.09. The van der Waals surface area contributed by atoms with E-state index >= 15 is 0 Å². The molecular weight excluding hydrogens is 340 g/mol. The van der Waals surface area contributed by atoms with Gasteiger partial charge in [0.2, 0.25) is 9.84 Å². The molecule has 0 radical (unpaired) electrons. The highest BCUT2D eigenvalue weighted by Crippen LogP contribution is 2.36. The Kier molecular flexibility index (Phi) is 4.45. The SMILES string of the molecule is O=S(=O)(c1ccccc1N(CCBr)C1CC1)C(F)F. The second-order valence-corrected chi connectivity index (χ2v) is 7.07. The molecule has 0 atom stereocenters. The van der Waals surface area contributed by atoms with E-state index in [1.165, 1.54) is 12.1 Å². The van der Waals surface area contributed by atoms with Crippen molar-refractivity contribution in [2.24, 2.45) is 0 Å². The molecule has 0 heterocycles. The molecule has 1 saturated carbocycles. The lowest BCUT2D eigenvalue weighted by molar-refractivity contribution is 0.235. The van der Waals surface area contributed by atoms with E-state index in [4.69, 9.17) is 0 Å². The maximum absolute atomic E-state index is 12.7. The lowest BCUT2D eigenvalue weighted by atomic mass is 10.3. The number of halogens is 3. The van der Waals surface area contributed by atoms with Crippen molar-refractivity contribution in [2.75, 3.05) is 16.8 Å². The highest BCUT2D eigenvalue weighted by Gasteiger charge is 2.35. The zero-order valence-electron chi connectivity index (χ0n) is 10.1. The van der Waals surface area contributed by atoms with Gasteiger partial charge >= 0.3 is 5.76 Å². The monoisotopic (exact) mass is 353 g/mol.